The maximum absolute atomic E-state index is 13.0. The van der Waals surface area contributed by atoms with E-state index in [-0.39, 0.29) is 23.2 Å². The molecule has 0 atom stereocenters. The molecule has 5 heteroatoms. The van der Waals surface area contributed by atoms with Crippen LogP contribution in [0.15, 0.2) is 41.4 Å². The van der Waals surface area contributed by atoms with E-state index in [0.29, 0.717) is 10.5 Å². The third kappa shape index (κ3) is 3.32. The number of hydrogen-bond donors (Lipinski definition) is 1. The molecule has 1 aromatic carbocycles. The number of aromatic nitrogens is 1. The molecular weight excluding hydrogens is 263 g/mol. The van der Waals surface area contributed by atoms with Gasteiger partial charge in [0.2, 0.25) is 0 Å². The number of pyridine rings is 1. The van der Waals surface area contributed by atoms with Crippen LogP contribution in [0.3, 0.4) is 0 Å². The summed E-state index contributed by atoms with van der Waals surface area (Å²) in [4.78, 5) is 16.7. The molecule has 0 bridgehead atoms. The molecule has 0 aliphatic carbocycles. The van der Waals surface area contributed by atoms with Gasteiger partial charge in [-0.05, 0) is 36.8 Å². The van der Waals surface area contributed by atoms with Crippen molar-refractivity contribution in [2.24, 2.45) is 0 Å². The van der Waals surface area contributed by atoms with Gasteiger partial charge < -0.3 is 5.73 Å². The number of anilines is 1. The van der Waals surface area contributed by atoms with E-state index >= 15 is 0 Å². The first-order valence-electron chi connectivity index (χ1n) is 5.70. The number of hydrogen-bond acceptors (Lipinski definition) is 4. The highest BCUT2D eigenvalue weighted by molar-refractivity contribution is 8.00. The summed E-state index contributed by atoms with van der Waals surface area (Å²) in [5.41, 5.74) is 6.97. The molecule has 0 saturated carbocycles. The van der Waals surface area contributed by atoms with Crippen molar-refractivity contribution in [3.63, 3.8) is 0 Å². The Kier molecular flexibility index (Phi) is 4.16. The number of nitrogen functional groups attached to an aromatic ring is 1. The summed E-state index contributed by atoms with van der Waals surface area (Å²) in [6, 6.07) is 7.90. The molecule has 98 valence electrons. The van der Waals surface area contributed by atoms with Gasteiger partial charge in [-0.1, -0.05) is 6.07 Å². The largest absolute Gasteiger partial charge is 0.383 e. The molecule has 0 unspecified atom stereocenters. The number of rotatable bonds is 4. The van der Waals surface area contributed by atoms with Gasteiger partial charge in [-0.3, -0.25) is 4.79 Å². The smallest absolute Gasteiger partial charge is 0.177 e. The Bertz CT molecular complexity index is 596. The Morgan fingerprint density at radius 1 is 1.42 bits per heavy atom. The lowest BCUT2D eigenvalue weighted by Gasteiger charge is -2.07. The molecule has 0 saturated heterocycles. The number of carbonyl (C=O) groups is 1. The van der Waals surface area contributed by atoms with Crippen molar-refractivity contribution in [2.45, 2.75) is 11.8 Å². The number of carbonyl (C=O) groups excluding carboxylic acids is 1. The average molecular weight is 276 g/mol. The van der Waals surface area contributed by atoms with Gasteiger partial charge in [0.1, 0.15) is 11.6 Å². The van der Waals surface area contributed by atoms with Crippen molar-refractivity contribution < 1.29 is 9.18 Å². The molecule has 2 N–H and O–H groups in total. The van der Waals surface area contributed by atoms with Crippen molar-refractivity contribution in [3.8, 4) is 0 Å². The first-order chi connectivity index (χ1) is 9.08. The van der Waals surface area contributed by atoms with Crippen LogP contribution < -0.4 is 5.73 Å². The second-order valence-electron chi connectivity index (χ2n) is 4.06. The minimum Gasteiger partial charge on any atom is -0.383 e. The van der Waals surface area contributed by atoms with Gasteiger partial charge >= 0.3 is 0 Å². The lowest BCUT2D eigenvalue weighted by Crippen LogP contribution is -2.10. The van der Waals surface area contributed by atoms with Gasteiger partial charge in [0.05, 0.1) is 11.3 Å². The number of thioether (sulfide) groups is 1. The van der Waals surface area contributed by atoms with Crippen LogP contribution >= 0.6 is 11.8 Å². The van der Waals surface area contributed by atoms with Gasteiger partial charge in [0.15, 0.2) is 5.78 Å². The topological polar surface area (TPSA) is 56.0 Å². The Hall–Kier alpha value is -1.88. The summed E-state index contributed by atoms with van der Waals surface area (Å²) in [6.45, 7) is 1.82. The highest BCUT2D eigenvalue weighted by Crippen LogP contribution is 2.22. The Morgan fingerprint density at radius 3 is 2.89 bits per heavy atom. The van der Waals surface area contributed by atoms with Crippen LogP contribution in [-0.4, -0.2) is 16.5 Å². The zero-order chi connectivity index (χ0) is 13.8. The van der Waals surface area contributed by atoms with Crippen LogP contribution in [-0.2, 0) is 0 Å². The fourth-order valence-corrected chi connectivity index (χ4v) is 2.53. The summed E-state index contributed by atoms with van der Waals surface area (Å²) in [5, 5.41) is 0. The summed E-state index contributed by atoms with van der Waals surface area (Å²) in [7, 11) is 0. The molecular formula is C14H13FN2OS. The van der Waals surface area contributed by atoms with E-state index in [9.17, 15) is 9.18 Å². The first kappa shape index (κ1) is 13.5. The molecule has 0 aliphatic heterocycles. The zero-order valence-electron chi connectivity index (χ0n) is 10.4. The van der Waals surface area contributed by atoms with Crippen LogP contribution in [0.25, 0.3) is 0 Å². The van der Waals surface area contributed by atoms with Crippen molar-refractivity contribution in [2.75, 3.05) is 11.5 Å². The quantitative estimate of drug-likeness (QED) is 0.688. The van der Waals surface area contributed by atoms with Crippen molar-refractivity contribution in [1.82, 2.24) is 4.98 Å². The molecule has 1 heterocycles. The molecule has 19 heavy (non-hydrogen) atoms. The van der Waals surface area contributed by atoms with Gasteiger partial charge in [-0.25, -0.2) is 9.37 Å². The molecule has 0 radical (unpaired) electrons. The van der Waals surface area contributed by atoms with Crippen LogP contribution in [0, 0.1) is 12.7 Å². The SMILES string of the molecule is Cc1ccnc(N)c1C(=O)CSc1cccc(F)c1. The maximum Gasteiger partial charge on any atom is 0.177 e. The fourth-order valence-electron chi connectivity index (χ4n) is 1.72. The van der Waals surface area contributed by atoms with E-state index in [4.69, 9.17) is 5.73 Å². The Labute approximate surface area is 115 Å². The van der Waals surface area contributed by atoms with Gasteiger partial charge in [0.25, 0.3) is 0 Å². The number of ketones is 1. The Balaban J connectivity index is 2.10. The third-order valence-corrected chi connectivity index (χ3v) is 3.63. The summed E-state index contributed by atoms with van der Waals surface area (Å²) < 4.78 is 13.0. The van der Waals surface area contributed by atoms with Gasteiger partial charge in [-0.15, -0.1) is 11.8 Å². The maximum atomic E-state index is 13.0. The molecule has 0 spiro atoms. The normalized spacial score (nSPS) is 10.4. The van der Waals surface area contributed by atoms with Crippen LogP contribution in [0.1, 0.15) is 15.9 Å². The molecule has 1 aromatic heterocycles. The van der Waals surface area contributed by atoms with E-state index < -0.39 is 0 Å². The lowest BCUT2D eigenvalue weighted by molar-refractivity contribution is 0.102. The third-order valence-electron chi connectivity index (χ3n) is 2.63. The Morgan fingerprint density at radius 2 is 2.21 bits per heavy atom. The predicted molar refractivity (Wildman–Crippen MR) is 74.8 cm³/mol. The van der Waals surface area contributed by atoms with E-state index in [0.717, 1.165) is 5.56 Å². The number of nitrogens with zero attached hydrogens (tertiary/aromatic N) is 1. The van der Waals surface area contributed by atoms with Gasteiger partial charge in [-0.2, -0.15) is 0 Å². The van der Waals surface area contributed by atoms with E-state index in [1.807, 2.05) is 6.92 Å². The minimum atomic E-state index is -0.311. The molecule has 2 rings (SSSR count). The molecule has 2 aromatic rings. The van der Waals surface area contributed by atoms with E-state index in [1.54, 1.807) is 24.4 Å². The highest BCUT2D eigenvalue weighted by Gasteiger charge is 2.14. The molecule has 0 fully saturated rings. The summed E-state index contributed by atoms with van der Waals surface area (Å²) >= 11 is 1.28. The minimum absolute atomic E-state index is 0.0997. The number of benzene rings is 1. The second-order valence-corrected chi connectivity index (χ2v) is 5.11. The van der Waals surface area contributed by atoms with Gasteiger partial charge in [0, 0.05) is 11.1 Å². The van der Waals surface area contributed by atoms with Crippen LogP contribution in [0.4, 0.5) is 10.2 Å². The van der Waals surface area contributed by atoms with Crippen LogP contribution in [0.2, 0.25) is 0 Å². The molecule has 0 amide bonds. The number of nitrogens with two attached hydrogens (primary N) is 1. The number of halogens is 1. The summed E-state index contributed by atoms with van der Waals surface area (Å²) in [6.07, 6.45) is 1.57. The van der Waals surface area contributed by atoms with Crippen molar-refractivity contribution in [1.29, 1.82) is 0 Å². The van der Waals surface area contributed by atoms with Crippen molar-refractivity contribution >= 4 is 23.4 Å². The van der Waals surface area contributed by atoms with E-state index in [1.165, 1.54) is 23.9 Å². The monoisotopic (exact) mass is 276 g/mol. The molecule has 0 aliphatic rings. The predicted octanol–water partition coefficient (Wildman–Crippen LogP) is 3.09. The van der Waals surface area contributed by atoms with Crippen molar-refractivity contribution in [3.05, 3.63) is 53.5 Å². The average Bonchev–Trinajstić information content (AvgIpc) is 2.36. The summed E-state index contributed by atoms with van der Waals surface area (Å²) in [5.74, 6) is 0.0388. The fraction of sp³-hybridized carbons (Fsp3) is 0.143. The number of aryl methyl sites for hydroxylation is 1. The lowest BCUT2D eigenvalue weighted by atomic mass is 10.1. The standard InChI is InChI=1S/C14H13FN2OS/c1-9-5-6-17-14(16)13(9)12(18)8-19-11-4-2-3-10(15)7-11/h2-7H,8H2,1H3,(H2,16,17). The second kappa shape index (κ2) is 5.84. The zero-order valence-corrected chi connectivity index (χ0v) is 11.2. The van der Waals surface area contributed by atoms with Crippen LogP contribution in [0.5, 0.6) is 0 Å². The van der Waals surface area contributed by atoms with E-state index in [2.05, 4.69) is 4.98 Å². The molecule has 3 nitrogen and oxygen atoms in total. The highest BCUT2D eigenvalue weighted by atomic mass is 32.2. The number of Topliss-reactive ketones (excluding diaryl/α,β-unsaturated/α-hetero) is 1. The first-order valence-corrected chi connectivity index (χ1v) is 6.69.